The summed E-state index contributed by atoms with van der Waals surface area (Å²) in [4.78, 5) is 25.2. The minimum Gasteiger partial charge on any atom is -0.351 e. The number of carbonyl (C=O) groups excluding carboxylic acids is 2. The van der Waals surface area contributed by atoms with E-state index < -0.39 is 0 Å². The van der Waals surface area contributed by atoms with Crippen molar-refractivity contribution in [2.24, 2.45) is 0 Å². The molecule has 2 N–H and O–H groups in total. The Kier molecular flexibility index (Phi) is 5.25. The van der Waals surface area contributed by atoms with Crippen LogP contribution in [0.25, 0.3) is 0 Å². The van der Waals surface area contributed by atoms with E-state index in [9.17, 15) is 9.59 Å². The van der Waals surface area contributed by atoms with Crippen LogP contribution in [-0.4, -0.2) is 26.9 Å². The summed E-state index contributed by atoms with van der Waals surface area (Å²) in [6.07, 6.45) is 0.182. The van der Waals surface area contributed by atoms with Crippen LogP contribution in [0.5, 0.6) is 0 Å². The Morgan fingerprint density at radius 1 is 1.36 bits per heavy atom. The molecule has 0 saturated heterocycles. The molecule has 0 aliphatic carbocycles. The monoisotopic (exact) mass is 338 g/mol. The lowest BCUT2D eigenvalue weighted by Crippen LogP contribution is -2.42. The molecule has 0 radical (unpaired) electrons. The largest absolute Gasteiger partial charge is 0.351 e. The minimum absolute atomic E-state index is 0.109. The van der Waals surface area contributed by atoms with Gasteiger partial charge in [-0.15, -0.1) is 16.4 Å². The Hall–Kier alpha value is -1.80. The number of hydrogen-bond donors (Lipinski definition) is 2. The van der Waals surface area contributed by atoms with Gasteiger partial charge in [0.1, 0.15) is 0 Å². The van der Waals surface area contributed by atoms with Crippen molar-refractivity contribution in [1.82, 2.24) is 20.2 Å². The second kappa shape index (κ2) is 6.97. The Labute approximate surface area is 137 Å². The molecule has 8 heteroatoms. The summed E-state index contributed by atoms with van der Waals surface area (Å²) in [5.74, 6) is -0.432. The maximum absolute atomic E-state index is 12.1. The van der Waals surface area contributed by atoms with Gasteiger partial charge >= 0.3 is 0 Å². The third-order valence-electron chi connectivity index (χ3n) is 2.69. The molecule has 0 fully saturated rings. The fourth-order valence-corrected chi connectivity index (χ4v) is 3.08. The highest BCUT2D eigenvalue weighted by molar-refractivity contribution is 7.10. The highest BCUT2D eigenvalue weighted by Crippen LogP contribution is 2.23. The number of nitrogens with zero attached hydrogens (tertiary/aromatic N) is 2. The molecule has 0 bridgehead atoms. The molecule has 1 unspecified atom stereocenters. The van der Waals surface area contributed by atoms with Gasteiger partial charge in [-0.2, -0.15) is 0 Å². The van der Waals surface area contributed by atoms with Crippen LogP contribution in [0, 0.1) is 0 Å². The fraction of sp³-hybridized carbons (Fsp3) is 0.429. The minimum atomic E-state index is -0.378. The summed E-state index contributed by atoms with van der Waals surface area (Å²) < 4.78 is 3.68. The van der Waals surface area contributed by atoms with E-state index >= 15 is 0 Å². The number of carbonyl (C=O) groups is 2. The molecule has 2 aromatic heterocycles. The van der Waals surface area contributed by atoms with E-state index in [1.54, 1.807) is 5.38 Å². The molecule has 0 saturated carbocycles. The van der Waals surface area contributed by atoms with E-state index in [1.807, 2.05) is 38.3 Å². The lowest BCUT2D eigenvalue weighted by Gasteiger charge is -2.23. The van der Waals surface area contributed by atoms with Crippen molar-refractivity contribution in [3.8, 4) is 0 Å². The summed E-state index contributed by atoms with van der Waals surface area (Å²) in [5.41, 5.74) is -0.0392. The predicted octanol–water partition coefficient (Wildman–Crippen LogP) is 2.38. The molecular formula is C14H18N4O2S2. The van der Waals surface area contributed by atoms with Crippen molar-refractivity contribution in [3.63, 3.8) is 0 Å². The molecule has 0 spiro atoms. The van der Waals surface area contributed by atoms with Gasteiger partial charge in [-0.05, 0) is 43.8 Å². The summed E-state index contributed by atoms with van der Waals surface area (Å²) in [5, 5.41) is 13.0. The number of thiophene rings is 1. The Bertz CT molecular complexity index is 618. The van der Waals surface area contributed by atoms with Crippen molar-refractivity contribution < 1.29 is 9.59 Å². The SMILES string of the molecule is CC(C)(C)NC(=O)CC(NC(=O)c1csnn1)c1cccs1. The van der Waals surface area contributed by atoms with E-state index in [-0.39, 0.29) is 35.5 Å². The normalized spacial score (nSPS) is 12.7. The van der Waals surface area contributed by atoms with Crippen LogP contribution in [-0.2, 0) is 4.79 Å². The lowest BCUT2D eigenvalue weighted by molar-refractivity contribution is -0.122. The highest BCUT2D eigenvalue weighted by atomic mass is 32.1. The molecule has 2 rings (SSSR count). The van der Waals surface area contributed by atoms with Crippen LogP contribution in [0.3, 0.4) is 0 Å². The van der Waals surface area contributed by atoms with Gasteiger partial charge < -0.3 is 10.6 Å². The quantitative estimate of drug-likeness (QED) is 0.876. The molecule has 6 nitrogen and oxygen atoms in total. The third kappa shape index (κ3) is 4.88. The molecule has 2 amide bonds. The van der Waals surface area contributed by atoms with Crippen molar-refractivity contribution >= 4 is 34.7 Å². The molecule has 118 valence electrons. The number of amides is 2. The summed E-state index contributed by atoms with van der Waals surface area (Å²) >= 11 is 2.62. The van der Waals surface area contributed by atoms with Crippen LogP contribution in [0.4, 0.5) is 0 Å². The molecule has 2 aromatic rings. The van der Waals surface area contributed by atoms with Crippen molar-refractivity contribution in [1.29, 1.82) is 0 Å². The molecule has 1 atom stereocenters. The van der Waals surface area contributed by atoms with Crippen molar-refractivity contribution in [3.05, 3.63) is 33.5 Å². The van der Waals surface area contributed by atoms with Crippen molar-refractivity contribution in [2.45, 2.75) is 38.8 Å². The first-order valence-corrected chi connectivity index (χ1v) is 8.49. The summed E-state index contributed by atoms with van der Waals surface area (Å²) in [7, 11) is 0. The van der Waals surface area contributed by atoms with Gasteiger partial charge in [-0.3, -0.25) is 9.59 Å². The average Bonchev–Trinajstić information content (AvgIpc) is 3.09. The number of nitrogens with one attached hydrogen (secondary N) is 2. The zero-order valence-corrected chi connectivity index (χ0v) is 14.3. The third-order valence-corrected chi connectivity index (χ3v) is 4.18. The van der Waals surface area contributed by atoms with E-state index in [0.29, 0.717) is 0 Å². The topological polar surface area (TPSA) is 84.0 Å². The van der Waals surface area contributed by atoms with Crippen LogP contribution < -0.4 is 10.6 Å². The van der Waals surface area contributed by atoms with Crippen molar-refractivity contribution in [2.75, 3.05) is 0 Å². The van der Waals surface area contributed by atoms with Crippen LogP contribution in [0.2, 0.25) is 0 Å². The first-order chi connectivity index (χ1) is 10.3. The van der Waals surface area contributed by atoms with Gasteiger partial charge in [0.15, 0.2) is 5.69 Å². The van der Waals surface area contributed by atoms with Gasteiger partial charge in [0.2, 0.25) is 5.91 Å². The Morgan fingerprint density at radius 3 is 2.68 bits per heavy atom. The number of hydrogen-bond acceptors (Lipinski definition) is 6. The summed E-state index contributed by atoms with van der Waals surface area (Å²) in [6.45, 7) is 5.76. The zero-order valence-electron chi connectivity index (χ0n) is 12.6. The first-order valence-electron chi connectivity index (χ1n) is 6.77. The fourth-order valence-electron chi connectivity index (χ4n) is 1.86. The Morgan fingerprint density at radius 2 is 2.14 bits per heavy atom. The van der Waals surface area contributed by atoms with Gasteiger partial charge in [-0.25, -0.2) is 0 Å². The second-order valence-corrected chi connectivity index (χ2v) is 7.42. The molecule has 0 aromatic carbocycles. The second-order valence-electron chi connectivity index (χ2n) is 5.83. The van der Waals surface area contributed by atoms with E-state index in [2.05, 4.69) is 20.2 Å². The molecule has 22 heavy (non-hydrogen) atoms. The standard InChI is InChI=1S/C14H18N4O2S2/c1-14(2,3)16-12(19)7-9(11-5-4-6-21-11)15-13(20)10-8-22-18-17-10/h4-6,8-9H,7H2,1-3H3,(H,15,20)(H,16,19). The zero-order chi connectivity index (χ0) is 16.2. The van der Waals surface area contributed by atoms with Crippen LogP contribution in [0.15, 0.2) is 22.9 Å². The predicted molar refractivity (Wildman–Crippen MR) is 86.9 cm³/mol. The number of rotatable bonds is 5. The molecule has 0 aliphatic rings. The number of aromatic nitrogens is 2. The van der Waals surface area contributed by atoms with Gasteiger partial charge in [0.05, 0.1) is 12.5 Å². The smallest absolute Gasteiger partial charge is 0.273 e. The molecule has 2 heterocycles. The maximum Gasteiger partial charge on any atom is 0.273 e. The van der Waals surface area contributed by atoms with Gasteiger partial charge in [0.25, 0.3) is 5.91 Å². The molecule has 0 aliphatic heterocycles. The maximum atomic E-state index is 12.1. The van der Waals surface area contributed by atoms with E-state index in [4.69, 9.17) is 0 Å². The van der Waals surface area contributed by atoms with Crippen LogP contribution in [0.1, 0.15) is 48.6 Å². The molecular weight excluding hydrogens is 320 g/mol. The summed E-state index contributed by atoms with van der Waals surface area (Å²) in [6, 6.07) is 3.42. The van der Waals surface area contributed by atoms with E-state index in [0.717, 1.165) is 16.4 Å². The van der Waals surface area contributed by atoms with E-state index in [1.165, 1.54) is 11.3 Å². The first kappa shape index (κ1) is 16.6. The van der Waals surface area contributed by atoms with Crippen LogP contribution >= 0.6 is 22.9 Å². The Balaban J connectivity index is 2.07. The van der Waals surface area contributed by atoms with Gasteiger partial charge in [0, 0.05) is 15.8 Å². The average molecular weight is 338 g/mol. The highest BCUT2D eigenvalue weighted by Gasteiger charge is 2.23. The lowest BCUT2D eigenvalue weighted by atomic mass is 10.1. The van der Waals surface area contributed by atoms with Gasteiger partial charge in [-0.1, -0.05) is 10.6 Å².